The first-order valence-corrected chi connectivity index (χ1v) is 17.4. The van der Waals surface area contributed by atoms with E-state index in [2.05, 4.69) is 15.9 Å². The number of thioether (sulfide) groups is 1. The minimum Gasteiger partial charge on any atom is -0.748 e. The Morgan fingerprint density at radius 1 is 1.22 bits per heavy atom. The zero-order chi connectivity index (χ0) is 26.3. The number of nitrogens with one attached hydrogen (secondary N) is 1. The molecule has 0 unspecified atom stereocenters. The molecular weight excluding hydrogens is 654 g/mol. The van der Waals surface area contributed by atoms with E-state index in [1.54, 1.807) is 10.6 Å². The van der Waals surface area contributed by atoms with Crippen LogP contribution in [-0.2, 0) is 31.5 Å². The maximum Gasteiger partial charge on any atom is 0.299 e. The Bertz CT molecular complexity index is 1580. The van der Waals surface area contributed by atoms with Gasteiger partial charge in [-0.25, -0.2) is 21.6 Å². The lowest BCUT2D eigenvalue weighted by Gasteiger charge is -2.20. The van der Waals surface area contributed by atoms with Crippen LogP contribution >= 0.6 is 62.0 Å². The number of amides is 1. The molecule has 3 aromatic rings. The molecule has 194 valence electrons. The summed E-state index contributed by atoms with van der Waals surface area (Å²) in [6.07, 6.45) is 3.54. The highest BCUT2D eigenvalue weighted by atomic mass is 79.9. The third kappa shape index (κ3) is 7.01. The fraction of sp³-hybridized carbons (Fsp3) is 0.300. The van der Waals surface area contributed by atoms with Gasteiger partial charge in [-0.15, -0.1) is 0 Å². The first-order chi connectivity index (χ1) is 16.8. The highest BCUT2D eigenvalue weighted by Crippen LogP contribution is 2.48. The highest BCUT2D eigenvalue weighted by Gasteiger charge is 2.30. The molecule has 0 radical (unpaired) electrons. The summed E-state index contributed by atoms with van der Waals surface area (Å²) in [6.45, 7) is 0.269. The third-order valence-electron chi connectivity index (χ3n) is 4.94. The van der Waals surface area contributed by atoms with Crippen molar-refractivity contribution in [1.29, 1.82) is 0 Å². The minimum atomic E-state index is -4.29. The van der Waals surface area contributed by atoms with Gasteiger partial charge in [-0.3, -0.25) is 4.79 Å². The standard InChI is InChI=1S/C20H19BrClN3O6S5/c1-35(27,28)23-17(26)11-25-19(33-15-9-16(21)34-20(15)25)10-18-24(6-2-3-7-36(29,30)31)13-8-12(22)4-5-14(13)32-18/h4-5,8-10H,2-3,6-7,11H2,1H3,(H-,23,26,29,30,31). The van der Waals surface area contributed by atoms with E-state index < -0.39 is 31.8 Å². The number of anilines is 1. The van der Waals surface area contributed by atoms with Crippen LogP contribution in [-0.4, -0.2) is 45.8 Å². The number of rotatable bonds is 9. The summed E-state index contributed by atoms with van der Waals surface area (Å²) in [5.74, 6) is -1.09. The number of carbonyl (C=O) groups is 1. The normalized spacial score (nSPS) is 15.1. The zero-order valence-electron chi connectivity index (χ0n) is 18.6. The molecule has 1 aliphatic rings. The lowest BCUT2D eigenvalue weighted by atomic mass is 10.2. The summed E-state index contributed by atoms with van der Waals surface area (Å²) in [7, 11) is -7.99. The number of unbranched alkanes of at least 4 members (excludes halogenated alkanes) is 1. The number of thiazole rings is 1. The van der Waals surface area contributed by atoms with Crippen molar-refractivity contribution in [3.8, 4) is 0 Å². The number of thiophene rings is 1. The highest BCUT2D eigenvalue weighted by molar-refractivity contribution is 9.11. The van der Waals surface area contributed by atoms with Crippen LogP contribution in [0.5, 0.6) is 0 Å². The van der Waals surface area contributed by atoms with E-state index in [1.807, 2.05) is 33.9 Å². The van der Waals surface area contributed by atoms with Crippen molar-refractivity contribution in [1.82, 2.24) is 4.72 Å². The molecule has 1 amide bonds. The molecule has 0 saturated heterocycles. The number of benzene rings is 1. The summed E-state index contributed by atoms with van der Waals surface area (Å²) in [4.78, 5) is 16.3. The van der Waals surface area contributed by atoms with Crippen LogP contribution in [0.25, 0.3) is 15.6 Å². The molecule has 1 N–H and O–H groups in total. The Morgan fingerprint density at radius 3 is 2.67 bits per heavy atom. The summed E-state index contributed by atoms with van der Waals surface area (Å²) in [5.41, 5.74) is 0.867. The number of aromatic nitrogens is 1. The van der Waals surface area contributed by atoms with Gasteiger partial charge in [0.15, 0.2) is 0 Å². The number of fused-ring (bicyclic) bond motifs is 2. The number of hydrogen-bond acceptors (Lipinski definition) is 10. The Kier molecular flexibility index (Phi) is 8.41. The number of sulfonamides is 1. The van der Waals surface area contributed by atoms with Gasteiger partial charge in [0, 0.05) is 22.2 Å². The van der Waals surface area contributed by atoms with Gasteiger partial charge < -0.3 is 9.45 Å². The minimum absolute atomic E-state index is 0.191. The molecule has 0 fully saturated rings. The molecule has 1 aliphatic heterocycles. The Morgan fingerprint density at radius 2 is 1.97 bits per heavy atom. The quantitative estimate of drug-likeness (QED) is 0.206. The van der Waals surface area contributed by atoms with Gasteiger partial charge in [-0.2, -0.15) is 4.57 Å². The van der Waals surface area contributed by atoms with Crippen molar-refractivity contribution < 1.29 is 30.7 Å². The van der Waals surface area contributed by atoms with E-state index in [9.17, 15) is 26.2 Å². The van der Waals surface area contributed by atoms with Gasteiger partial charge >= 0.3 is 0 Å². The molecule has 4 rings (SSSR count). The van der Waals surface area contributed by atoms with Crippen LogP contribution in [0.1, 0.15) is 17.8 Å². The van der Waals surface area contributed by atoms with Crippen LogP contribution in [0.15, 0.2) is 38.0 Å². The summed E-state index contributed by atoms with van der Waals surface area (Å²) < 4.78 is 61.7. The molecule has 9 nitrogen and oxygen atoms in total. The number of halogens is 2. The van der Waals surface area contributed by atoms with Crippen molar-refractivity contribution in [2.75, 3.05) is 23.5 Å². The van der Waals surface area contributed by atoms with Gasteiger partial charge in [-0.05, 0) is 53.0 Å². The lowest BCUT2D eigenvalue weighted by Crippen LogP contribution is -2.45. The smallest absolute Gasteiger partial charge is 0.299 e. The van der Waals surface area contributed by atoms with E-state index in [0.29, 0.717) is 18.0 Å². The molecule has 16 heteroatoms. The fourth-order valence-electron chi connectivity index (χ4n) is 3.57. The van der Waals surface area contributed by atoms with Gasteiger partial charge in [0.1, 0.15) is 4.70 Å². The van der Waals surface area contributed by atoms with Crippen LogP contribution in [0.2, 0.25) is 5.02 Å². The largest absolute Gasteiger partial charge is 0.748 e. The van der Waals surface area contributed by atoms with Gasteiger partial charge in [-0.1, -0.05) is 46.0 Å². The Labute approximate surface area is 234 Å². The fourth-order valence-corrected chi connectivity index (χ4v) is 9.01. The summed E-state index contributed by atoms with van der Waals surface area (Å²) in [6, 6.07) is 7.45. The summed E-state index contributed by atoms with van der Waals surface area (Å²) >= 11 is 14.1. The molecule has 0 bridgehead atoms. The van der Waals surface area contributed by atoms with E-state index >= 15 is 0 Å². The number of hydrogen-bond donors (Lipinski definition) is 1. The second kappa shape index (κ2) is 10.9. The van der Waals surface area contributed by atoms with Crippen molar-refractivity contribution in [2.45, 2.75) is 24.3 Å². The van der Waals surface area contributed by atoms with Crippen LogP contribution in [0.3, 0.4) is 0 Å². The van der Waals surface area contributed by atoms with Crippen molar-refractivity contribution in [3.05, 3.63) is 43.1 Å². The molecule has 0 atom stereocenters. The molecule has 0 spiro atoms. The average Bonchev–Trinajstić information content (AvgIpc) is 3.35. The van der Waals surface area contributed by atoms with E-state index in [-0.39, 0.29) is 13.0 Å². The first kappa shape index (κ1) is 27.8. The van der Waals surface area contributed by atoms with E-state index in [0.717, 1.165) is 40.2 Å². The molecule has 0 aliphatic carbocycles. The van der Waals surface area contributed by atoms with Crippen LogP contribution in [0, 0.1) is 0 Å². The Balaban J connectivity index is 1.69. The second-order valence-corrected chi connectivity index (χ2v) is 16.1. The van der Waals surface area contributed by atoms with E-state index in [4.69, 9.17) is 11.6 Å². The van der Waals surface area contributed by atoms with Gasteiger partial charge in [0.25, 0.3) is 15.7 Å². The Hall–Kier alpha value is -1.20. The zero-order valence-corrected chi connectivity index (χ0v) is 25.0. The lowest BCUT2D eigenvalue weighted by molar-refractivity contribution is -0.653. The van der Waals surface area contributed by atoms with Crippen molar-refractivity contribution >= 4 is 109 Å². The second-order valence-electron chi connectivity index (χ2n) is 7.86. The average molecular weight is 673 g/mol. The van der Waals surface area contributed by atoms with Crippen LogP contribution in [0.4, 0.5) is 5.69 Å². The molecule has 2 aromatic heterocycles. The van der Waals surface area contributed by atoms with E-state index in [1.165, 1.54) is 34.4 Å². The monoisotopic (exact) mass is 671 g/mol. The van der Waals surface area contributed by atoms with Crippen LogP contribution < -0.4 is 14.2 Å². The number of carbonyl (C=O) groups excluding carboxylic acids is 1. The molecular formula is C20H19BrClN3O6S5. The third-order valence-corrected chi connectivity index (χ3v) is 10.5. The molecule has 1 aromatic carbocycles. The first-order valence-electron chi connectivity index (χ1n) is 10.3. The van der Waals surface area contributed by atoms with Crippen molar-refractivity contribution in [3.63, 3.8) is 0 Å². The van der Waals surface area contributed by atoms with Gasteiger partial charge in [0.2, 0.25) is 16.6 Å². The topological polar surface area (TPSA) is 128 Å². The predicted octanol–water partition coefficient (Wildman–Crippen LogP) is 3.98. The van der Waals surface area contributed by atoms with Crippen molar-refractivity contribution in [2.24, 2.45) is 0 Å². The maximum atomic E-state index is 12.5. The SMILES string of the molecule is CS(=O)(=O)NC(=O)C[n+]1c(C=C2Sc3ccc(Cl)cc3N2CCCCS(=O)(=O)[O-])sc2cc(Br)sc21. The molecule has 0 saturated carbocycles. The van der Waals surface area contributed by atoms with Gasteiger partial charge in [0.05, 0.1) is 37.0 Å². The maximum absolute atomic E-state index is 12.5. The predicted molar refractivity (Wildman–Crippen MR) is 147 cm³/mol. The molecule has 3 heterocycles. The number of nitrogens with zero attached hydrogens (tertiary/aromatic N) is 2. The molecule has 36 heavy (non-hydrogen) atoms. The summed E-state index contributed by atoms with van der Waals surface area (Å²) in [5, 5.41) is 2.13.